The average molecular weight is 458 g/mol. The molecule has 1 saturated heterocycles. The number of hydrogen-bond acceptors (Lipinski definition) is 6. The third-order valence-electron chi connectivity index (χ3n) is 5.90. The van der Waals surface area contributed by atoms with Gasteiger partial charge in [0.05, 0.1) is 24.4 Å². The van der Waals surface area contributed by atoms with E-state index in [0.29, 0.717) is 43.3 Å². The van der Waals surface area contributed by atoms with Crippen LogP contribution in [0.3, 0.4) is 0 Å². The van der Waals surface area contributed by atoms with Crippen molar-refractivity contribution in [3.8, 4) is 0 Å². The minimum Gasteiger partial charge on any atom is -0.462 e. The molecule has 0 spiro atoms. The number of rotatable bonds is 5. The lowest BCUT2D eigenvalue weighted by molar-refractivity contribution is -0.0384. The molecule has 32 heavy (non-hydrogen) atoms. The van der Waals surface area contributed by atoms with Gasteiger partial charge in [-0.1, -0.05) is 30.3 Å². The summed E-state index contributed by atoms with van der Waals surface area (Å²) < 4.78 is 11.2. The number of hydrogen-bond donors (Lipinski definition) is 1. The summed E-state index contributed by atoms with van der Waals surface area (Å²) in [6.45, 7) is 10.3. The average Bonchev–Trinajstić information content (AvgIpc) is 3.11. The number of thiophene rings is 1. The fraction of sp³-hybridized carbons (Fsp3) is 0.500. The molecule has 2 aliphatic heterocycles. The first kappa shape index (κ1) is 22.8. The van der Waals surface area contributed by atoms with Gasteiger partial charge in [0.1, 0.15) is 5.00 Å². The molecule has 1 N–H and O–H groups in total. The third kappa shape index (κ3) is 5.14. The summed E-state index contributed by atoms with van der Waals surface area (Å²) in [6.07, 6.45) is 0.612. The van der Waals surface area contributed by atoms with Gasteiger partial charge in [-0.2, -0.15) is 0 Å². The number of esters is 1. The minimum absolute atomic E-state index is 0.173. The molecule has 8 heteroatoms. The molecular formula is C24H31N3O4S. The highest BCUT2D eigenvalue weighted by Crippen LogP contribution is 2.41. The minimum atomic E-state index is -0.384. The first-order valence-electron chi connectivity index (χ1n) is 11.1. The second-order valence-corrected chi connectivity index (χ2v) is 9.94. The van der Waals surface area contributed by atoms with Crippen molar-refractivity contribution in [2.75, 3.05) is 38.1 Å². The SMILES string of the molecule is CCOC(=O)c1c(NC(=O)N2CCN(Cc3ccccc3)CC2)sc2c1CC(C)(C)OC2. The number of piperazine rings is 1. The van der Waals surface area contributed by atoms with Crippen LogP contribution in [-0.2, 0) is 29.0 Å². The van der Waals surface area contributed by atoms with Gasteiger partial charge in [-0.25, -0.2) is 9.59 Å². The normalized spacial score (nSPS) is 18.2. The number of carbonyl (C=O) groups is 2. The Morgan fingerprint density at radius 3 is 2.56 bits per heavy atom. The van der Waals surface area contributed by atoms with Crippen LogP contribution in [0.1, 0.15) is 47.1 Å². The van der Waals surface area contributed by atoms with Crippen molar-refractivity contribution in [2.24, 2.45) is 0 Å². The number of urea groups is 1. The zero-order chi connectivity index (χ0) is 22.7. The summed E-state index contributed by atoms with van der Waals surface area (Å²) in [5.74, 6) is -0.384. The molecule has 2 aromatic rings. The lowest BCUT2D eigenvalue weighted by atomic mass is 9.93. The van der Waals surface area contributed by atoms with Crippen LogP contribution in [0.15, 0.2) is 30.3 Å². The van der Waals surface area contributed by atoms with E-state index < -0.39 is 0 Å². The third-order valence-corrected chi connectivity index (χ3v) is 7.02. The molecule has 0 unspecified atom stereocenters. The summed E-state index contributed by atoms with van der Waals surface area (Å²) in [5.41, 5.74) is 2.34. The molecule has 0 aliphatic carbocycles. The molecular weight excluding hydrogens is 426 g/mol. The van der Waals surface area contributed by atoms with Crippen molar-refractivity contribution in [3.05, 3.63) is 51.9 Å². The molecule has 3 heterocycles. The number of nitrogens with one attached hydrogen (secondary N) is 1. The maximum atomic E-state index is 13.0. The molecule has 4 rings (SSSR count). The zero-order valence-corrected chi connectivity index (χ0v) is 19.8. The molecule has 0 bridgehead atoms. The molecule has 1 aromatic heterocycles. The molecule has 2 amide bonds. The smallest absolute Gasteiger partial charge is 0.341 e. The second-order valence-electron chi connectivity index (χ2n) is 8.83. The van der Waals surface area contributed by atoms with E-state index >= 15 is 0 Å². The highest BCUT2D eigenvalue weighted by atomic mass is 32.1. The van der Waals surface area contributed by atoms with Crippen LogP contribution < -0.4 is 5.32 Å². The fourth-order valence-electron chi connectivity index (χ4n) is 4.19. The summed E-state index contributed by atoms with van der Waals surface area (Å²) in [4.78, 5) is 30.9. The van der Waals surface area contributed by atoms with Gasteiger partial charge in [0.15, 0.2) is 0 Å². The number of amides is 2. The van der Waals surface area contributed by atoms with Crippen molar-refractivity contribution in [3.63, 3.8) is 0 Å². The monoisotopic (exact) mass is 457 g/mol. The van der Waals surface area contributed by atoms with Crippen molar-refractivity contribution in [2.45, 2.75) is 45.9 Å². The van der Waals surface area contributed by atoms with Crippen LogP contribution in [0, 0.1) is 0 Å². The van der Waals surface area contributed by atoms with Crippen LogP contribution in [-0.4, -0.2) is 60.2 Å². The summed E-state index contributed by atoms with van der Waals surface area (Å²) in [5, 5.41) is 3.56. The highest BCUT2D eigenvalue weighted by Gasteiger charge is 2.35. The van der Waals surface area contributed by atoms with Gasteiger partial charge in [-0.05, 0) is 31.9 Å². The lowest BCUT2D eigenvalue weighted by Gasteiger charge is -2.34. The van der Waals surface area contributed by atoms with Crippen molar-refractivity contribution in [1.82, 2.24) is 9.80 Å². The Morgan fingerprint density at radius 2 is 1.88 bits per heavy atom. The summed E-state index contributed by atoms with van der Waals surface area (Å²) in [7, 11) is 0. The van der Waals surface area contributed by atoms with Crippen molar-refractivity contribution < 1.29 is 19.1 Å². The quantitative estimate of drug-likeness (QED) is 0.684. The van der Waals surface area contributed by atoms with E-state index in [4.69, 9.17) is 9.47 Å². The number of carbonyl (C=O) groups excluding carboxylic acids is 2. The Hall–Kier alpha value is -2.42. The molecule has 0 atom stereocenters. The first-order valence-corrected chi connectivity index (χ1v) is 12.0. The van der Waals surface area contributed by atoms with E-state index in [9.17, 15) is 9.59 Å². The van der Waals surface area contributed by atoms with Gasteiger partial charge < -0.3 is 14.4 Å². The number of fused-ring (bicyclic) bond motifs is 1. The van der Waals surface area contributed by atoms with Crippen molar-refractivity contribution in [1.29, 1.82) is 0 Å². The van der Waals surface area contributed by atoms with E-state index in [-0.39, 0.29) is 17.6 Å². The zero-order valence-electron chi connectivity index (χ0n) is 19.0. The van der Waals surface area contributed by atoms with Gasteiger partial charge >= 0.3 is 12.0 Å². The van der Waals surface area contributed by atoms with Crippen LogP contribution in [0.2, 0.25) is 0 Å². The second kappa shape index (κ2) is 9.60. The number of nitrogens with zero attached hydrogens (tertiary/aromatic N) is 2. The van der Waals surface area contributed by atoms with Crippen molar-refractivity contribution >= 4 is 28.3 Å². The topological polar surface area (TPSA) is 71.1 Å². The molecule has 0 radical (unpaired) electrons. The first-order chi connectivity index (χ1) is 15.4. The van der Waals surface area contributed by atoms with E-state index in [1.807, 2.05) is 36.9 Å². The molecule has 172 valence electrons. The largest absolute Gasteiger partial charge is 0.462 e. The fourth-order valence-corrected chi connectivity index (χ4v) is 5.30. The van der Waals surface area contributed by atoms with Gasteiger partial charge in [0.25, 0.3) is 0 Å². The van der Waals surface area contributed by atoms with Crippen LogP contribution in [0.5, 0.6) is 0 Å². The molecule has 1 fully saturated rings. The van der Waals surface area contributed by atoms with E-state index in [0.717, 1.165) is 30.1 Å². The van der Waals surface area contributed by atoms with Gasteiger partial charge in [0.2, 0.25) is 0 Å². The maximum Gasteiger partial charge on any atom is 0.341 e. The Morgan fingerprint density at radius 1 is 1.16 bits per heavy atom. The number of anilines is 1. The van der Waals surface area contributed by atoms with E-state index in [2.05, 4.69) is 22.3 Å². The van der Waals surface area contributed by atoms with Gasteiger partial charge in [-0.15, -0.1) is 11.3 Å². The van der Waals surface area contributed by atoms with E-state index in [1.165, 1.54) is 16.9 Å². The Balaban J connectivity index is 1.43. The summed E-state index contributed by atoms with van der Waals surface area (Å²) in [6, 6.07) is 10.2. The van der Waals surface area contributed by atoms with E-state index in [1.54, 1.807) is 6.92 Å². The highest BCUT2D eigenvalue weighted by molar-refractivity contribution is 7.17. The Kier molecular flexibility index (Phi) is 6.83. The summed E-state index contributed by atoms with van der Waals surface area (Å²) >= 11 is 1.42. The molecule has 1 aromatic carbocycles. The van der Waals surface area contributed by atoms with Gasteiger partial charge in [-0.3, -0.25) is 10.2 Å². The Labute approximate surface area is 193 Å². The maximum absolute atomic E-state index is 13.0. The Bertz CT molecular complexity index is 965. The van der Waals surface area contributed by atoms with Crippen LogP contribution in [0.25, 0.3) is 0 Å². The molecule has 0 saturated carbocycles. The predicted molar refractivity (Wildman–Crippen MR) is 125 cm³/mol. The lowest BCUT2D eigenvalue weighted by Crippen LogP contribution is -2.49. The van der Waals surface area contributed by atoms with Crippen LogP contribution in [0.4, 0.5) is 9.80 Å². The van der Waals surface area contributed by atoms with Gasteiger partial charge in [0, 0.05) is 44.0 Å². The predicted octanol–water partition coefficient (Wildman–Crippen LogP) is 4.13. The standard InChI is InChI=1S/C24H31N3O4S/c1-4-30-22(28)20-18-14-24(2,3)31-16-19(18)32-21(20)25-23(29)27-12-10-26(11-13-27)15-17-8-6-5-7-9-17/h5-9H,4,10-16H2,1-3H3,(H,25,29). The molecule has 7 nitrogen and oxygen atoms in total. The number of benzene rings is 1. The number of ether oxygens (including phenoxy) is 2. The van der Waals surface area contributed by atoms with Crippen LogP contribution >= 0.6 is 11.3 Å². The molecule has 2 aliphatic rings.